The van der Waals surface area contributed by atoms with E-state index >= 15 is 0 Å². The summed E-state index contributed by atoms with van der Waals surface area (Å²) in [5, 5.41) is 7.08. The first-order valence-electron chi connectivity index (χ1n) is 4.31. The normalized spacial score (nSPS) is 11.0. The number of nitrogens with one attached hydrogen (secondary N) is 1. The summed E-state index contributed by atoms with van der Waals surface area (Å²) in [6.07, 6.45) is 0. The van der Waals surface area contributed by atoms with E-state index in [1.165, 1.54) is 0 Å². The molecule has 0 aromatic carbocycles. The first kappa shape index (κ1) is 9.26. The van der Waals surface area contributed by atoms with Crippen LogP contribution in [0, 0.1) is 12.8 Å². The average Bonchev–Trinajstić information content (AvgIpc) is 2.35. The van der Waals surface area contributed by atoms with Crippen LogP contribution in [0.4, 0.5) is 0 Å². The molecule has 1 N–H and O–H groups in total. The van der Waals surface area contributed by atoms with Gasteiger partial charge in [0, 0.05) is 6.07 Å². The van der Waals surface area contributed by atoms with E-state index < -0.39 is 0 Å². The molecule has 0 fully saturated rings. The maximum absolute atomic E-state index is 5.03. The Kier molecular flexibility index (Phi) is 3.29. The highest BCUT2D eigenvalue weighted by atomic mass is 16.5. The summed E-state index contributed by atoms with van der Waals surface area (Å²) in [5.74, 6) is 1.59. The minimum atomic E-state index is 0.675. The van der Waals surface area contributed by atoms with Gasteiger partial charge in [-0.1, -0.05) is 19.0 Å². The second kappa shape index (κ2) is 4.26. The summed E-state index contributed by atoms with van der Waals surface area (Å²) in [7, 11) is 0. The van der Waals surface area contributed by atoms with Crippen molar-refractivity contribution in [3.05, 3.63) is 17.5 Å². The quantitative estimate of drug-likeness (QED) is 0.744. The molecule has 3 heteroatoms. The molecule has 68 valence electrons. The molecule has 1 aromatic rings. The lowest BCUT2D eigenvalue weighted by atomic mass is 10.2. The molecule has 0 saturated heterocycles. The van der Waals surface area contributed by atoms with Gasteiger partial charge >= 0.3 is 0 Å². The van der Waals surface area contributed by atoms with Crippen LogP contribution in [0.15, 0.2) is 10.6 Å². The smallest absolute Gasteiger partial charge is 0.150 e. The van der Waals surface area contributed by atoms with Gasteiger partial charge in [-0.3, -0.25) is 0 Å². The molecule has 0 amide bonds. The molecule has 1 rings (SSSR count). The van der Waals surface area contributed by atoms with E-state index in [4.69, 9.17) is 4.52 Å². The van der Waals surface area contributed by atoms with E-state index in [-0.39, 0.29) is 0 Å². The summed E-state index contributed by atoms with van der Waals surface area (Å²) < 4.78 is 5.03. The monoisotopic (exact) mass is 168 g/mol. The Bertz CT molecular complexity index is 230. The van der Waals surface area contributed by atoms with E-state index in [2.05, 4.69) is 24.3 Å². The van der Waals surface area contributed by atoms with E-state index in [1.807, 2.05) is 13.0 Å². The lowest BCUT2D eigenvalue weighted by Gasteiger charge is -2.03. The van der Waals surface area contributed by atoms with Crippen molar-refractivity contribution in [3.63, 3.8) is 0 Å². The van der Waals surface area contributed by atoms with E-state index in [1.54, 1.807) is 0 Å². The van der Waals surface area contributed by atoms with Gasteiger partial charge in [-0.05, 0) is 19.4 Å². The number of hydrogen-bond donors (Lipinski definition) is 1. The zero-order chi connectivity index (χ0) is 8.97. The molecule has 0 spiro atoms. The molecule has 0 unspecified atom stereocenters. The molecule has 0 radical (unpaired) electrons. The van der Waals surface area contributed by atoms with Crippen molar-refractivity contribution < 1.29 is 4.52 Å². The van der Waals surface area contributed by atoms with Crippen molar-refractivity contribution in [1.29, 1.82) is 0 Å². The predicted octanol–water partition coefficient (Wildman–Crippen LogP) is 1.73. The van der Waals surface area contributed by atoms with Crippen molar-refractivity contribution in [2.24, 2.45) is 5.92 Å². The fraction of sp³-hybridized carbons (Fsp3) is 0.667. The van der Waals surface area contributed by atoms with Crippen LogP contribution in [-0.4, -0.2) is 11.7 Å². The highest BCUT2D eigenvalue weighted by molar-refractivity contribution is 5.02. The zero-order valence-corrected chi connectivity index (χ0v) is 7.92. The number of rotatable bonds is 4. The van der Waals surface area contributed by atoms with Crippen LogP contribution in [0.1, 0.15) is 25.3 Å². The van der Waals surface area contributed by atoms with Gasteiger partial charge in [0.05, 0.1) is 12.2 Å². The summed E-state index contributed by atoms with van der Waals surface area (Å²) in [4.78, 5) is 0. The van der Waals surface area contributed by atoms with Crippen LogP contribution in [0.25, 0.3) is 0 Å². The maximum Gasteiger partial charge on any atom is 0.150 e. The van der Waals surface area contributed by atoms with E-state index in [0.717, 1.165) is 24.5 Å². The van der Waals surface area contributed by atoms with Crippen molar-refractivity contribution >= 4 is 0 Å². The molecular weight excluding hydrogens is 152 g/mol. The third-order valence-corrected chi connectivity index (χ3v) is 1.53. The van der Waals surface area contributed by atoms with Crippen LogP contribution >= 0.6 is 0 Å². The van der Waals surface area contributed by atoms with Crippen molar-refractivity contribution in [1.82, 2.24) is 10.5 Å². The van der Waals surface area contributed by atoms with E-state index in [0.29, 0.717) is 5.92 Å². The Morgan fingerprint density at radius 3 is 2.83 bits per heavy atom. The fourth-order valence-electron chi connectivity index (χ4n) is 0.984. The molecule has 0 aliphatic carbocycles. The molecule has 12 heavy (non-hydrogen) atoms. The van der Waals surface area contributed by atoms with Gasteiger partial charge in [0.1, 0.15) is 0 Å². The van der Waals surface area contributed by atoms with Crippen LogP contribution in [-0.2, 0) is 6.54 Å². The molecule has 0 aliphatic rings. The molecule has 1 heterocycles. The largest absolute Gasteiger partial charge is 0.360 e. The Morgan fingerprint density at radius 2 is 2.33 bits per heavy atom. The number of nitrogens with zero attached hydrogens (tertiary/aromatic N) is 1. The van der Waals surface area contributed by atoms with Gasteiger partial charge in [-0.25, -0.2) is 0 Å². The van der Waals surface area contributed by atoms with Gasteiger partial charge in [0.15, 0.2) is 5.76 Å². The third-order valence-electron chi connectivity index (χ3n) is 1.53. The highest BCUT2D eigenvalue weighted by Crippen LogP contribution is 2.01. The topological polar surface area (TPSA) is 38.1 Å². The summed E-state index contributed by atoms with van der Waals surface area (Å²) >= 11 is 0. The Hall–Kier alpha value is -0.830. The number of aromatic nitrogens is 1. The fourth-order valence-corrected chi connectivity index (χ4v) is 0.984. The summed E-state index contributed by atoms with van der Waals surface area (Å²) in [5.41, 5.74) is 0.941. The van der Waals surface area contributed by atoms with Crippen molar-refractivity contribution in [2.75, 3.05) is 6.54 Å². The summed E-state index contributed by atoms with van der Waals surface area (Å²) in [6, 6.07) is 1.95. The molecular formula is C9H16N2O. The average molecular weight is 168 g/mol. The molecule has 0 atom stereocenters. The second-order valence-corrected chi connectivity index (χ2v) is 3.46. The highest BCUT2D eigenvalue weighted by Gasteiger charge is 1.99. The van der Waals surface area contributed by atoms with Crippen LogP contribution in [0.5, 0.6) is 0 Å². The van der Waals surface area contributed by atoms with Crippen LogP contribution in [0.3, 0.4) is 0 Å². The third kappa shape index (κ3) is 3.05. The standard InChI is InChI=1S/C9H16N2O/c1-7(2)5-10-6-9-4-8(3)11-12-9/h4,7,10H,5-6H2,1-3H3. The van der Waals surface area contributed by atoms with Gasteiger partial charge in [-0.15, -0.1) is 0 Å². The lowest BCUT2D eigenvalue weighted by molar-refractivity contribution is 0.366. The van der Waals surface area contributed by atoms with Crippen molar-refractivity contribution in [2.45, 2.75) is 27.3 Å². The molecule has 3 nitrogen and oxygen atoms in total. The maximum atomic E-state index is 5.03. The Morgan fingerprint density at radius 1 is 1.58 bits per heavy atom. The van der Waals surface area contributed by atoms with Gasteiger partial charge in [0.25, 0.3) is 0 Å². The lowest BCUT2D eigenvalue weighted by Crippen LogP contribution is -2.18. The second-order valence-electron chi connectivity index (χ2n) is 3.46. The minimum Gasteiger partial charge on any atom is -0.360 e. The Labute approximate surface area is 73.1 Å². The molecule has 0 aliphatic heterocycles. The van der Waals surface area contributed by atoms with Crippen LogP contribution in [0.2, 0.25) is 0 Å². The van der Waals surface area contributed by atoms with Gasteiger partial charge < -0.3 is 9.84 Å². The van der Waals surface area contributed by atoms with Crippen molar-refractivity contribution in [3.8, 4) is 0 Å². The Balaban J connectivity index is 2.24. The predicted molar refractivity (Wildman–Crippen MR) is 47.8 cm³/mol. The zero-order valence-electron chi connectivity index (χ0n) is 7.92. The van der Waals surface area contributed by atoms with Crippen LogP contribution < -0.4 is 5.32 Å². The first-order chi connectivity index (χ1) is 5.68. The molecule has 1 aromatic heterocycles. The first-order valence-corrected chi connectivity index (χ1v) is 4.31. The number of hydrogen-bond acceptors (Lipinski definition) is 3. The summed E-state index contributed by atoms with van der Waals surface area (Å²) in [6.45, 7) is 8.07. The van der Waals surface area contributed by atoms with Gasteiger partial charge in [0.2, 0.25) is 0 Å². The molecule has 0 bridgehead atoms. The SMILES string of the molecule is Cc1cc(CNCC(C)C)on1. The van der Waals surface area contributed by atoms with Gasteiger partial charge in [-0.2, -0.15) is 0 Å². The number of aryl methyl sites for hydroxylation is 1. The molecule has 0 saturated carbocycles. The van der Waals surface area contributed by atoms with E-state index in [9.17, 15) is 0 Å². The minimum absolute atomic E-state index is 0.675.